The van der Waals surface area contributed by atoms with Crippen molar-refractivity contribution in [3.63, 3.8) is 0 Å². The number of aromatic hydroxyl groups is 4. The summed E-state index contributed by atoms with van der Waals surface area (Å²) in [5.74, 6) is 1.03. The van der Waals surface area contributed by atoms with E-state index in [-0.39, 0.29) is 23.0 Å². The molecule has 0 unspecified atom stereocenters. The second-order valence-electron chi connectivity index (χ2n) is 6.89. The highest BCUT2D eigenvalue weighted by Crippen LogP contribution is 2.24. The molecule has 0 radical (unpaired) electrons. The molecule has 0 aliphatic heterocycles. The van der Waals surface area contributed by atoms with Crippen LogP contribution in [0.2, 0.25) is 0 Å². The predicted molar refractivity (Wildman–Crippen MR) is 126 cm³/mol. The molecule has 0 bridgehead atoms. The maximum atomic E-state index is 9.11. The number of benzene rings is 4. The lowest BCUT2D eigenvalue weighted by molar-refractivity contribution is 0.474. The van der Waals surface area contributed by atoms with E-state index in [0.717, 1.165) is 22.3 Å². The minimum atomic E-state index is 0.257. The van der Waals surface area contributed by atoms with Gasteiger partial charge >= 0.3 is 0 Å². The predicted octanol–water partition coefficient (Wildman–Crippen LogP) is 6.95. The molecule has 0 aliphatic carbocycles. The van der Waals surface area contributed by atoms with Crippen molar-refractivity contribution >= 4 is 0 Å². The summed E-state index contributed by atoms with van der Waals surface area (Å²) < 4.78 is 0. The van der Waals surface area contributed by atoms with Gasteiger partial charge in [-0.05, 0) is 70.8 Å². The molecule has 0 atom stereocenters. The van der Waals surface area contributed by atoms with E-state index >= 15 is 0 Å². The summed E-state index contributed by atoms with van der Waals surface area (Å²) in [6.07, 6.45) is 1.25. The highest BCUT2D eigenvalue weighted by atomic mass is 16.3. The molecule has 4 nitrogen and oxygen atoms in total. The fraction of sp³-hybridized carbons (Fsp3) is 0.111. The van der Waals surface area contributed by atoms with Crippen molar-refractivity contribution in [1.29, 1.82) is 0 Å². The van der Waals surface area contributed by atoms with Crippen LogP contribution < -0.4 is 0 Å². The largest absolute Gasteiger partial charge is 0.508 e. The molecule has 0 fully saturated rings. The molecule has 4 aromatic rings. The second kappa shape index (κ2) is 11.9. The van der Waals surface area contributed by atoms with Gasteiger partial charge in [-0.2, -0.15) is 0 Å². The molecule has 0 saturated heterocycles. The molecular weight excluding hydrogens is 388 g/mol. The highest BCUT2D eigenvalue weighted by Gasteiger charge is 1.98. The molecule has 0 heterocycles. The van der Waals surface area contributed by atoms with Gasteiger partial charge in [0.05, 0.1) is 0 Å². The van der Waals surface area contributed by atoms with E-state index in [4.69, 9.17) is 20.4 Å². The molecule has 31 heavy (non-hydrogen) atoms. The Kier molecular flexibility index (Phi) is 8.99. The molecule has 160 valence electrons. The molecular formula is C27H28O4. The third-order valence-electron chi connectivity index (χ3n) is 4.14. The Hall–Kier alpha value is -3.92. The van der Waals surface area contributed by atoms with Gasteiger partial charge in [-0.15, -0.1) is 0 Å². The van der Waals surface area contributed by atoms with E-state index < -0.39 is 0 Å². The Balaban J connectivity index is 0.000000196. The average Bonchev–Trinajstić information content (AvgIpc) is 2.77. The van der Waals surface area contributed by atoms with Crippen LogP contribution >= 0.6 is 0 Å². The third kappa shape index (κ3) is 7.78. The number of hydrogen-bond acceptors (Lipinski definition) is 4. The summed E-state index contributed by atoms with van der Waals surface area (Å²) in [7, 11) is 0. The van der Waals surface area contributed by atoms with Crippen molar-refractivity contribution in [2.45, 2.75) is 20.3 Å². The Morgan fingerprint density at radius 2 is 0.484 bits per heavy atom. The van der Waals surface area contributed by atoms with Crippen LogP contribution in [0.4, 0.5) is 0 Å². The standard InChI is InChI=1S/2C12H10O2.C3H8/c2*13-11-5-1-9(2-6-11)10-3-7-12(14)8-4-10;1-3-2/h2*1-8,13-14H;3H2,1-2H3. The summed E-state index contributed by atoms with van der Waals surface area (Å²) in [6.45, 7) is 4.25. The van der Waals surface area contributed by atoms with E-state index in [9.17, 15) is 0 Å². The van der Waals surface area contributed by atoms with Gasteiger partial charge in [0.25, 0.3) is 0 Å². The van der Waals surface area contributed by atoms with Crippen LogP contribution in [0.3, 0.4) is 0 Å². The van der Waals surface area contributed by atoms with E-state index in [1.54, 1.807) is 48.5 Å². The first-order valence-corrected chi connectivity index (χ1v) is 10.1. The minimum absolute atomic E-state index is 0.257. The van der Waals surface area contributed by atoms with E-state index in [0.29, 0.717) is 0 Å². The van der Waals surface area contributed by atoms with Crippen molar-refractivity contribution in [3.05, 3.63) is 97.1 Å². The fourth-order valence-corrected chi connectivity index (χ4v) is 2.62. The van der Waals surface area contributed by atoms with Gasteiger partial charge in [-0.25, -0.2) is 0 Å². The lowest BCUT2D eigenvalue weighted by Crippen LogP contribution is -1.75. The van der Waals surface area contributed by atoms with Gasteiger partial charge in [0.2, 0.25) is 0 Å². The molecule has 4 heteroatoms. The Labute approximate surface area is 183 Å². The van der Waals surface area contributed by atoms with E-state index in [1.807, 2.05) is 48.5 Å². The number of rotatable bonds is 2. The Morgan fingerprint density at radius 1 is 0.355 bits per heavy atom. The van der Waals surface area contributed by atoms with Crippen molar-refractivity contribution in [3.8, 4) is 45.3 Å². The van der Waals surface area contributed by atoms with Gasteiger partial charge < -0.3 is 20.4 Å². The first-order valence-electron chi connectivity index (χ1n) is 10.1. The van der Waals surface area contributed by atoms with Gasteiger partial charge in [0, 0.05) is 0 Å². The molecule has 4 rings (SSSR count). The second-order valence-corrected chi connectivity index (χ2v) is 6.89. The van der Waals surface area contributed by atoms with Crippen LogP contribution in [0.1, 0.15) is 20.3 Å². The van der Waals surface area contributed by atoms with Crippen LogP contribution in [0.5, 0.6) is 23.0 Å². The summed E-state index contributed by atoms with van der Waals surface area (Å²) in [5.41, 5.74) is 4.07. The molecule has 0 saturated carbocycles. The van der Waals surface area contributed by atoms with Crippen LogP contribution in [0.25, 0.3) is 22.3 Å². The quantitative estimate of drug-likeness (QED) is 0.285. The number of phenolic OH excluding ortho intramolecular Hbond substituents is 4. The smallest absolute Gasteiger partial charge is 0.115 e. The van der Waals surface area contributed by atoms with E-state index in [2.05, 4.69) is 13.8 Å². The normalized spacial score (nSPS) is 9.61. The first-order chi connectivity index (χ1) is 14.9. The molecule has 4 aromatic carbocycles. The van der Waals surface area contributed by atoms with E-state index in [1.165, 1.54) is 6.42 Å². The van der Waals surface area contributed by atoms with Crippen LogP contribution in [-0.2, 0) is 0 Å². The SMILES string of the molecule is CCC.Oc1ccc(-c2ccc(O)cc2)cc1.Oc1ccc(-c2ccc(O)cc2)cc1. The average molecular weight is 417 g/mol. The van der Waals surface area contributed by atoms with Crippen LogP contribution in [0.15, 0.2) is 97.1 Å². The summed E-state index contributed by atoms with van der Waals surface area (Å²) in [4.78, 5) is 0. The molecule has 0 aliphatic rings. The summed E-state index contributed by atoms with van der Waals surface area (Å²) in [6, 6.07) is 27.8. The topological polar surface area (TPSA) is 80.9 Å². The molecule has 4 N–H and O–H groups in total. The Morgan fingerprint density at radius 3 is 0.613 bits per heavy atom. The lowest BCUT2D eigenvalue weighted by atomic mass is 10.1. The Bertz CT molecular complexity index is 847. The maximum absolute atomic E-state index is 9.11. The molecule has 0 spiro atoms. The zero-order chi connectivity index (χ0) is 22.6. The third-order valence-corrected chi connectivity index (χ3v) is 4.14. The maximum Gasteiger partial charge on any atom is 0.115 e. The van der Waals surface area contributed by atoms with Gasteiger partial charge in [0.15, 0.2) is 0 Å². The first kappa shape index (κ1) is 23.4. The minimum Gasteiger partial charge on any atom is -0.508 e. The lowest BCUT2D eigenvalue weighted by Gasteiger charge is -2.01. The number of phenols is 4. The van der Waals surface area contributed by atoms with Crippen molar-refractivity contribution in [1.82, 2.24) is 0 Å². The van der Waals surface area contributed by atoms with Crippen LogP contribution in [-0.4, -0.2) is 20.4 Å². The molecule has 0 amide bonds. The fourth-order valence-electron chi connectivity index (χ4n) is 2.62. The summed E-state index contributed by atoms with van der Waals surface area (Å²) in [5, 5.41) is 36.4. The van der Waals surface area contributed by atoms with Crippen molar-refractivity contribution in [2.24, 2.45) is 0 Å². The van der Waals surface area contributed by atoms with Crippen molar-refractivity contribution < 1.29 is 20.4 Å². The number of hydrogen-bond donors (Lipinski definition) is 4. The zero-order valence-electron chi connectivity index (χ0n) is 17.7. The van der Waals surface area contributed by atoms with Crippen molar-refractivity contribution in [2.75, 3.05) is 0 Å². The molecule has 0 aromatic heterocycles. The van der Waals surface area contributed by atoms with Gasteiger partial charge in [-0.1, -0.05) is 68.8 Å². The monoisotopic (exact) mass is 416 g/mol. The van der Waals surface area contributed by atoms with Gasteiger partial charge in [0.1, 0.15) is 23.0 Å². The van der Waals surface area contributed by atoms with Gasteiger partial charge in [-0.3, -0.25) is 0 Å². The highest BCUT2D eigenvalue weighted by molar-refractivity contribution is 5.65. The van der Waals surface area contributed by atoms with Crippen LogP contribution in [0, 0.1) is 0 Å². The summed E-state index contributed by atoms with van der Waals surface area (Å²) >= 11 is 0. The zero-order valence-corrected chi connectivity index (χ0v) is 17.7.